The van der Waals surface area contributed by atoms with Crippen molar-refractivity contribution < 1.29 is 14.6 Å². The van der Waals surface area contributed by atoms with Crippen LogP contribution in [0.3, 0.4) is 0 Å². The molecule has 1 N–H and O–H groups in total. The Hall–Kier alpha value is -1.06. The highest BCUT2D eigenvalue weighted by Crippen LogP contribution is 2.21. The molecule has 22 heavy (non-hydrogen) atoms. The zero-order valence-corrected chi connectivity index (χ0v) is 14.2. The van der Waals surface area contributed by atoms with Crippen LogP contribution in [0.4, 0.5) is 0 Å². The van der Waals surface area contributed by atoms with E-state index in [1.807, 2.05) is 19.1 Å². The molecule has 0 saturated heterocycles. The number of unbranched alkanes of at least 4 members (excludes halogenated alkanes) is 6. The van der Waals surface area contributed by atoms with Gasteiger partial charge in [-0.05, 0) is 37.8 Å². The molecule has 0 fully saturated rings. The summed E-state index contributed by atoms with van der Waals surface area (Å²) in [4.78, 5) is 0. The van der Waals surface area contributed by atoms with Gasteiger partial charge in [0.05, 0.1) is 6.10 Å². The third kappa shape index (κ3) is 9.06. The highest BCUT2D eigenvalue weighted by Gasteiger charge is 2.02. The Morgan fingerprint density at radius 1 is 0.955 bits per heavy atom. The first-order chi connectivity index (χ1) is 10.7. The van der Waals surface area contributed by atoms with Crippen LogP contribution >= 0.6 is 0 Å². The van der Waals surface area contributed by atoms with Crippen molar-refractivity contribution in [2.75, 3.05) is 13.9 Å². The van der Waals surface area contributed by atoms with Crippen molar-refractivity contribution in [3.05, 3.63) is 29.8 Å². The monoisotopic (exact) mass is 308 g/mol. The second-order valence-electron chi connectivity index (χ2n) is 6.02. The van der Waals surface area contributed by atoms with E-state index in [1.165, 1.54) is 44.1 Å². The van der Waals surface area contributed by atoms with Gasteiger partial charge in [0, 0.05) is 7.11 Å². The maximum Gasteiger partial charge on any atom is 0.188 e. The summed E-state index contributed by atoms with van der Waals surface area (Å²) in [7, 11) is 1.64. The molecule has 0 bridgehead atoms. The van der Waals surface area contributed by atoms with Crippen molar-refractivity contribution in [1.82, 2.24) is 0 Å². The van der Waals surface area contributed by atoms with Gasteiger partial charge < -0.3 is 14.6 Å². The van der Waals surface area contributed by atoms with Gasteiger partial charge in [-0.1, -0.05) is 56.7 Å². The van der Waals surface area contributed by atoms with Gasteiger partial charge in [0.25, 0.3) is 0 Å². The zero-order valence-electron chi connectivity index (χ0n) is 14.2. The number of aryl methyl sites for hydroxylation is 1. The van der Waals surface area contributed by atoms with Gasteiger partial charge in [-0.25, -0.2) is 0 Å². The molecule has 0 heterocycles. The smallest absolute Gasteiger partial charge is 0.188 e. The van der Waals surface area contributed by atoms with Gasteiger partial charge in [-0.15, -0.1) is 0 Å². The van der Waals surface area contributed by atoms with Crippen molar-refractivity contribution in [1.29, 1.82) is 0 Å². The number of methoxy groups -OCH3 is 1. The minimum atomic E-state index is -0.139. The summed E-state index contributed by atoms with van der Waals surface area (Å²) in [6.07, 6.45) is 10.7. The van der Waals surface area contributed by atoms with Gasteiger partial charge in [0.1, 0.15) is 5.75 Å². The molecule has 0 amide bonds. The van der Waals surface area contributed by atoms with E-state index in [2.05, 4.69) is 12.1 Å². The molecule has 0 aliphatic rings. The summed E-state index contributed by atoms with van der Waals surface area (Å²) >= 11 is 0. The van der Waals surface area contributed by atoms with E-state index in [9.17, 15) is 5.11 Å². The van der Waals surface area contributed by atoms with E-state index in [1.54, 1.807) is 7.11 Å². The second kappa shape index (κ2) is 12.5. The minimum Gasteiger partial charge on any atom is -0.467 e. The quantitative estimate of drug-likeness (QED) is 0.423. The van der Waals surface area contributed by atoms with E-state index in [-0.39, 0.29) is 6.10 Å². The van der Waals surface area contributed by atoms with Crippen LogP contribution in [-0.4, -0.2) is 25.1 Å². The van der Waals surface area contributed by atoms with Gasteiger partial charge in [0.15, 0.2) is 6.79 Å². The standard InChI is InChI=1S/C19H32O3/c1-17(20)12-8-6-4-3-5-7-9-13-18-14-10-11-15-19(18)22-16-21-2/h10-11,14-15,17,20H,3-9,12-13,16H2,1-2H3. The lowest BCUT2D eigenvalue weighted by molar-refractivity contribution is 0.0504. The lowest BCUT2D eigenvalue weighted by Crippen LogP contribution is -2.01. The van der Waals surface area contributed by atoms with E-state index >= 15 is 0 Å². The van der Waals surface area contributed by atoms with Gasteiger partial charge in [-0.2, -0.15) is 0 Å². The molecule has 0 aliphatic heterocycles. The van der Waals surface area contributed by atoms with Crippen molar-refractivity contribution in [3.8, 4) is 5.75 Å². The molecule has 0 aromatic heterocycles. The normalized spacial score (nSPS) is 12.3. The lowest BCUT2D eigenvalue weighted by atomic mass is 10.0. The summed E-state index contributed by atoms with van der Waals surface area (Å²) < 4.78 is 10.6. The molecule has 0 aliphatic carbocycles. The molecule has 3 nitrogen and oxygen atoms in total. The molecule has 1 unspecified atom stereocenters. The predicted molar refractivity (Wildman–Crippen MR) is 91.3 cm³/mol. The van der Waals surface area contributed by atoms with Crippen LogP contribution in [0.1, 0.15) is 63.9 Å². The number of aliphatic hydroxyl groups excluding tert-OH is 1. The number of benzene rings is 1. The first-order valence-corrected chi connectivity index (χ1v) is 8.61. The van der Waals surface area contributed by atoms with Crippen molar-refractivity contribution in [2.45, 2.75) is 70.8 Å². The highest BCUT2D eigenvalue weighted by atomic mass is 16.7. The van der Waals surface area contributed by atoms with Crippen molar-refractivity contribution in [2.24, 2.45) is 0 Å². The van der Waals surface area contributed by atoms with Crippen LogP contribution in [0, 0.1) is 0 Å². The van der Waals surface area contributed by atoms with Gasteiger partial charge in [0.2, 0.25) is 0 Å². The maximum absolute atomic E-state index is 9.19. The maximum atomic E-state index is 9.19. The molecule has 1 rings (SSSR count). The van der Waals surface area contributed by atoms with E-state index < -0.39 is 0 Å². The zero-order chi connectivity index (χ0) is 16.0. The van der Waals surface area contributed by atoms with Gasteiger partial charge >= 0.3 is 0 Å². The number of aliphatic hydroxyl groups is 1. The first kappa shape index (κ1) is 19.0. The fourth-order valence-corrected chi connectivity index (χ4v) is 2.61. The molecule has 0 saturated carbocycles. The molecule has 126 valence electrons. The summed E-state index contributed by atoms with van der Waals surface area (Å²) in [5.41, 5.74) is 1.27. The largest absolute Gasteiger partial charge is 0.467 e. The molecular formula is C19H32O3. The molecule has 1 aromatic carbocycles. The number of ether oxygens (including phenoxy) is 2. The summed E-state index contributed by atoms with van der Waals surface area (Å²) in [5.74, 6) is 0.947. The Morgan fingerprint density at radius 2 is 1.59 bits per heavy atom. The van der Waals surface area contributed by atoms with E-state index in [4.69, 9.17) is 9.47 Å². The Bertz CT molecular complexity index is 377. The molecule has 1 aromatic rings. The topological polar surface area (TPSA) is 38.7 Å². The number of rotatable bonds is 13. The van der Waals surface area contributed by atoms with Gasteiger partial charge in [-0.3, -0.25) is 0 Å². The third-order valence-electron chi connectivity index (χ3n) is 3.87. The predicted octanol–water partition coefficient (Wildman–Crippen LogP) is 4.71. The molecule has 3 heteroatoms. The third-order valence-corrected chi connectivity index (χ3v) is 3.87. The average Bonchev–Trinajstić information content (AvgIpc) is 2.52. The Balaban J connectivity index is 2.07. The van der Waals surface area contributed by atoms with Crippen molar-refractivity contribution in [3.63, 3.8) is 0 Å². The Morgan fingerprint density at radius 3 is 2.27 bits per heavy atom. The molecule has 1 atom stereocenters. The average molecular weight is 308 g/mol. The fraction of sp³-hybridized carbons (Fsp3) is 0.684. The van der Waals surface area contributed by atoms with Crippen LogP contribution in [0.2, 0.25) is 0 Å². The van der Waals surface area contributed by atoms with Crippen LogP contribution in [-0.2, 0) is 11.2 Å². The summed E-state index contributed by atoms with van der Waals surface area (Å²) in [6.45, 7) is 2.18. The van der Waals surface area contributed by atoms with Crippen LogP contribution in [0.15, 0.2) is 24.3 Å². The van der Waals surface area contributed by atoms with E-state index in [0.717, 1.165) is 25.0 Å². The fourth-order valence-electron chi connectivity index (χ4n) is 2.61. The minimum absolute atomic E-state index is 0.139. The Kier molecular flexibility index (Phi) is 10.8. The van der Waals surface area contributed by atoms with Crippen LogP contribution in [0.5, 0.6) is 5.75 Å². The summed E-state index contributed by atoms with van der Waals surface area (Å²) in [5, 5.41) is 9.19. The SMILES string of the molecule is COCOc1ccccc1CCCCCCCCCC(C)O. The number of hydrogen-bond acceptors (Lipinski definition) is 3. The van der Waals surface area contributed by atoms with Crippen LogP contribution in [0.25, 0.3) is 0 Å². The highest BCUT2D eigenvalue weighted by molar-refractivity contribution is 5.33. The van der Waals surface area contributed by atoms with Crippen molar-refractivity contribution >= 4 is 0 Å². The summed E-state index contributed by atoms with van der Waals surface area (Å²) in [6, 6.07) is 8.22. The second-order valence-corrected chi connectivity index (χ2v) is 6.02. The van der Waals surface area contributed by atoms with Crippen LogP contribution < -0.4 is 4.74 Å². The molecule has 0 spiro atoms. The molecular weight excluding hydrogens is 276 g/mol. The van der Waals surface area contributed by atoms with E-state index in [0.29, 0.717) is 6.79 Å². The number of para-hydroxylation sites is 1. The lowest BCUT2D eigenvalue weighted by Gasteiger charge is -2.10. The Labute approximate surface area is 135 Å². The molecule has 0 radical (unpaired) electrons. The first-order valence-electron chi connectivity index (χ1n) is 8.61. The number of hydrogen-bond donors (Lipinski definition) is 1.